The van der Waals surface area contributed by atoms with Crippen LogP contribution in [0.15, 0.2) is 0 Å². The largest absolute Gasteiger partial charge is 0.481 e. The second kappa shape index (κ2) is 8.54. The number of carboxylic acids is 1. The minimum absolute atomic E-state index is 0. The summed E-state index contributed by atoms with van der Waals surface area (Å²) in [6, 6.07) is 0. The van der Waals surface area contributed by atoms with Crippen molar-refractivity contribution in [2.75, 3.05) is 0 Å². The van der Waals surface area contributed by atoms with E-state index in [4.69, 9.17) is 5.11 Å². The first-order valence-corrected chi connectivity index (χ1v) is 5.54. The number of aliphatic carboxylic acids is 1. The summed E-state index contributed by atoms with van der Waals surface area (Å²) in [5.74, 6) is -2.55. The van der Waals surface area contributed by atoms with E-state index in [1.807, 2.05) is 13.8 Å². The summed E-state index contributed by atoms with van der Waals surface area (Å²) in [6.45, 7) is 6.85. The Kier molecular flexibility index (Phi) is 9.45. The topological polar surface area (TPSA) is 71.4 Å². The fourth-order valence-electron chi connectivity index (χ4n) is 1.32. The molecule has 0 aliphatic heterocycles. The molecule has 2 atom stereocenters. The fourth-order valence-corrected chi connectivity index (χ4v) is 1.32. The quantitative estimate of drug-likeness (QED) is 0.639. The number of rotatable bonds is 7. The van der Waals surface area contributed by atoms with Crippen LogP contribution in [0.5, 0.6) is 0 Å². The molecule has 2 unspecified atom stereocenters. The number of carboxylic acid groups (broad SMARTS) is 1. The van der Waals surface area contributed by atoms with E-state index in [2.05, 4.69) is 0 Å². The molecular formula is C12H20IrO4. The van der Waals surface area contributed by atoms with E-state index in [0.29, 0.717) is 6.42 Å². The van der Waals surface area contributed by atoms with Crippen LogP contribution in [0.4, 0.5) is 0 Å². The Labute approximate surface area is 116 Å². The molecule has 0 saturated heterocycles. The summed E-state index contributed by atoms with van der Waals surface area (Å²) in [6.07, 6.45) is 0.300. The minimum Gasteiger partial charge on any atom is -0.481 e. The second-order valence-electron chi connectivity index (χ2n) is 4.70. The molecule has 0 amide bonds. The summed E-state index contributed by atoms with van der Waals surface area (Å²) in [7, 11) is 0. The molecule has 1 radical (unpaired) electrons. The van der Waals surface area contributed by atoms with Crippen LogP contribution in [-0.2, 0) is 34.5 Å². The molecule has 0 rings (SSSR count). The molecule has 4 nitrogen and oxygen atoms in total. The average molecular weight is 421 g/mol. The molecule has 0 heterocycles. The van der Waals surface area contributed by atoms with Crippen molar-refractivity contribution in [3.8, 4) is 0 Å². The molecule has 0 bridgehead atoms. The molecule has 101 valence electrons. The predicted molar refractivity (Wildman–Crippen MR) is 60.0 cm³/mol. The second-order valence-corrected chi connectivity index (χ2v) is 4.70. The van der Waals surface area contributed by atoms with E-state index >= 15 is 0 Å². The van der Waals surface area contributed by atoms with Gasteiger partial charge in [0.1, 0.15) is 11.6 Å². The molecule has 0 aromatic heterocycles. The molecule has 1 N–H and O–H groups in total. The normalized spacial score (nSPS) is 13.7. The van der Waals surface area contributed by atoms with Gasteiger partial charge in [0.05, 0.1) is 11.8 Å². The van der Waals surface area contributed by atoms with Gasteiger partial charge in [-0.1, -0.05) is 20.8 Å². The Morgan fingerprint density at radius 3 is 1.71 bits per heavy atom. The average Bonchev–Trinajstić information content (AvgIpc) is 2.14. The number of ketones is 2. The SMILES string of the molecule is CC(C)CC(=O)C(C)C(=O)CC(C)C(=O)O.[Ir]. The molecule has 0 spiro atoms. The smallest absolute Gasteiger partial charge is 0.306 e. The van der Waals surface area contributed by atoms with Gasteiger partial charge in [-0.05, 0) is 12.8 Å². The van der Waals surface area contributed by atoms with Crippen molar-refractivity contribution >= 4 is 17.5 Å². The third-order valence-electron chi connectivity index (χ3n) is 2.50. The first kappa shape index (κ1) is 18.8. The van der Waals surface area contributed by atoms with E-state index < -0.39 is 17.8 Å². The van der Waals surface area contributed by atoms with Gasteiger partial charge in [0.2, 0.25) is 0 Å². The van der Waals surface area contributed by atoms with Crippen molar-refractivity contribution in [1.29, 1.82) is 0 Å². The van der Waals surface area contributed by atoms with Crippen molar-refractivity contribution in [1.82, 2.24) is 0 Å². The molecule has 5 heteroatoms. The predicted octanol–water partition coefficient (Wildman–Crippen LogP) is 1.92. The first-order valence-electron chi connectivity index (χ1n) is 5.54. The van der Waals surface area contributed by atoms with E-state index in [1.54, 1.807) is 6.92 Å². The van der Waals surface area contributed by atoms with Crippen molar-refractivity contribution in [3.05, 3.63) is 0 Å². The zero-order valence-corrected chi connectivity index (χ0v) is 13.0. The molecule has 0 aliphatic rings. The molecule has 0 fully saturated rings. The van der Waals surface area contributed by atoms with Gasteiger partial charge in [0.15, 0.2) is 0 Å². The minimum atomic E-state index is -1.00. The number of hydrogen-bond acceptors (Lipinski definition) is 3. The van der Waals surface area contributed by atoms with Crippen molar-refractivity contribution < 1.29 is 39.6 Å². The van der Waals surface area contributed by atoms with Gasteiger partial charge in [-0.25, -0.2) is 0 Å². The van der Waals surface area contributed by atoms with Gasteiger partial charge in [-0.3, -0.25) is 14.4 Å². The van der Waals surface area contributed by atoms with Gasteiger partial charge in [-0.2, -0.15) is 0 Å². The standard InChI is InChI=1S/C12H20O4.Ir/c1-7(2)5-10(13)9(4)11(14)6-8(3)12(15)16;/h7-9H,5-6H2,1-4H3,(H,15,16);. The fraction of sp³-hybridized carbons (Fsp3) is 0.750. The first-order chi connectivity index (χ1) is 7.25. The maximum Gasteiger partial charge on any atom is 0.306 e. The zero-order chi connectivity index (χ0) is 12.9. The van der Waals surface area contributed by atoms with Crippen LogP contribution in [-0.4, -0.2) is 22.6 Å². The summed E-state index contributed by atoms with van der Waals surface area (Å²) >= 11 is 0. The van der Waals surface area contributed by atoms with Crippen LogP contribution in [0.3, 0.4) is 0 Å². The summed E-state index contributed by atoms with van der Waals surface area (Å²) in [5, 5.41) is 8.66. The van der Waals surface area contributed by atoms with Crippen LogP contribution >= 0.6 is 0 Å². The Morgan fingerprint density at radius 2 is 1.35 bits per heavy atom. The van der Waals surface area contributed by atoms with E-state index in [1.165, 1.54) is 6.92 Å². The van der Waals surface area contributed by atoms with E-state index in [9.17, 15) is 14.4 Å². The molecule has 0 aliphatic carbocycles. The Hall–Kier alpha value is -0.541. The number of Topliss-reactive ketones (excluding diaryl/α,β-unsaturated/α-hetero) is 2. The maximum atomic E-state index is 11.6. The third-order valence-corrected chi connectivity index (χ3v) is 2.50. The Morgan fingerprint density at radius 1 is 0.941 bits per heavy atom. The monoisotopic (exact) mass is 421 g/mol. The van der Waals surface area contributed by atoms with Crippen LogP contribution in [0, 0.1) is 17.8 Å². The molecule has 0 aromatic carbocycles. The molecule has 17 heavy (non-hydrogen) atoms. The van der Waals surface area contributed by atoms with Gasteiger partial charge in [0.25, 0.3) is 0 Å². The van der Waals surface area contributed by atoms with Gasteiger partial charge < -0.3 is 5.11 Å². The number of carbonyl (C=O) groups excluding carboxylic acids is 2. The summed E-state index contributed by atoms with van der Waals surface area (Å²) in [5.41, 5.74) is 0. The third kappa shape index (κ3) is 7.40. The van der Waals surface area contributed by atoms with Crippen molar-refractivity contribution in [2.45, 2.75) is 40.5 Å². The van der Waals surface area contributed by atoms with Crippen molar-refractivity contribution in [3.63, 3.8) is 0 Å². The number of hydrogen-bond donors (Lipinski definition) is 1. The Bertz CT molecular complexity index is 286. The van der Waals surface area contributed by atoms with Gasteiger partial charge >= 0.3 is 5.97 Å². The van der Waals surface area contributed by atoms with Crippen LogP contribution in [0.1, 0.15) is 40.5 Å². The summed E-state index contributed by atoms with van der Waals surface area (Å²) < 4.78 is 0. The molecule has 0 aromatic rings. The van der Waals surface area contributed by atoms with Crippen molar-refractivity contribution in [2.24, 2.45) is 17.8 Å². The zero-order valence-electron chi connectivity index (χ0n) is 10.7. The van der Waals surface area contributed by atoms with Gasteiger partial charge in [-0.15, -0.1) is 0 Å². The molecule has 0 saturated carbocycles. The summed E-state index contributed by atoms with van der Waals surface area (Å²) in [4.78, 5) is 33.7. The molecular weight excluding hydrogens is 400 g/mol. The van der Waals surface area contributed by atoms with Gasteiger partial charge in [0, 0.05) is 32.9 Å². The van der Waals surface area contributed by atoms with Crippen LogP contribution in [0.2, 0.25) is 0 Å². The Balaban J connectivity index is 0. The maximum absolute atomic E-state index is 11.6. The number of carbonyl (C=O) groups is 3. The van der Waals surface area contributed by atoms with Crippen LogP contribution < -0.4 is 0 Å². The van der Waals surface area contributed by atoms with E-state index in [-0.39, 0.29) is 44.0 Å². The van der Waals surface area contributed by atoms with Crippen LogP contribution in [0.25, 0.3) is 0 Å². The van der Waals surface area contributed by atoms with E-state index in [0.717, 1.165) is 0 Å².